The summed E-state index contributed by atoms with van der Waals surface area (Å²) in [4.78, 5) is 0. The number of benzene rings is 2. The largest absolute Gasteiger partial charge is 0.398 e. The molecule has 0 bridgehead atoms. The van der Waals surface area contributed by atoms with E-state index in [4.69, 9.17) is 5.73 Å². The number of hydrogen-bond donors (Lipinski definition) is 2. The number of hydrogen-bond acceptors (Lipinski definition) is 2. The highest BCUT2D eigenvalue weighted by Gasteiger charge is 2.02. The average Bonchev–Trinajstić information content (AvgIpc) is 2.32. The van der Waals surface area contributed by atoms with Crippen LogP contribution in [0.2, 0.25) is 0 Å². The summed E-state index contributed by atoms with van der Waals surface area (Å²) < 4.78 is 13.9. The molecule has 2 nitrogen and oxygen atoms in total. The first-order chi connectivity index (χ1) is 8.16. The van der Waals surface area contributed by atoms with Gasteiger partial charge >= 0.3 is 0 Å². The highest BCUT2D eigenvalue weighted by atomic mass is 79.9. The van der Waals surface area contributed by atoms with Gasteiger partial charge in [-0.2, -0.15) is 0 Å². The molecule has 0 saturated carbocycles. The van der Waals surface area contributed by atoms with Gasteiger partial charge in [0.25, 0.3) is 0 Å². The Balaban J connectivity index is 2.12. The molecule has 0 aliphatic carbocycles. The van der Waals surface area contributed by atoms with E-state index < -0.39 is 0 Å². The molecule has 2 rings (SSSR count). The first-order valence-corrected chi connectivity index (χ1v) is 5.98. The van der Waals surface area contributed by atoms with Gasteiger partial charge in [0.05, 0.1) is 5.69 Å². The van der Waals surface area contributed by atoms with Crippen LogP contribution in [0.25, 0.3) is 0 Å². The molecule has 88 valence electrons. The van der Waals surface area contributed by atoms with E-state index in [1.165, 1.54) is 12.1 Å². The second-order valence-corrected chi connectivity index (χ2v) is 4.53. The minimum atomic E-state index is -0.267. The van der Waals surface area contributed by atoms with E-state index in [-0.39, 0.29) is 5.82 Å². The smallest absolute Gasteiger partial charge is 0.125 e. The number of halogens is 2. The van der Waals surface area contributed by atoms with Gasteiger partial charge in [0.1, 0.15) is 5.82 Å². The quantitative estimate of drug-likeness (QED) is 0.846. The molecule has 0 radical (unpaired) electrons. The maximum atomic E-state index is 13.1. The van der Waals surface area contributed by atoms with Gasteiger partial charge < -0.3 is 11.1 Å². The number of nitrogen functional groups attached to an aromatic ring is 1. The zero-order valence-corrected chi connectivity index (χ0v) is 10.7. The Hall–Kier alpha value is -1.55. The SMILES string of the molecule is Nc1ccccc1CNc1cc(F)ccc1Br. The first-order valence-electron chi connectivity index (χ1n) is 5.19. The van der Waals surface area contributed by atoms with Gasteiger partial charge in [-0.1, -0.05) is 18.2 Å². The average molecular weight is 295 g/mol. The maximum Gasteiger partial charge on any atom is 0.125 e. The monoisotopic (exact) mass is 294 g/mol. The molecule has 0 aromatic heterocycles. The molecule has 2 aromatic rings. The van der Waals surface area contributed by atoms with E-state index >= 15 is 0 Å². The lowest BCUT2D eigenvalue weighted by Gasteiger charge is -2.10. The fourth-order valence-electron chi connectivity index (χ4n) is 1.52. The molecule has 0 aliphatic heterocycles. The summed E-state index contributed by atoms with van der Waals surface area (Å²) in [7, 11) is 0. The van der Waals surface area contributed by atoms with Gasteiger partial charge in [-0.25, -0.2) is 4.39 Å². The molecule has 0 aliphatic rings. The topological polar surface area (TPSA) is 38.0 Å². The minimum Gasteiger partial charge on any atom is -0.398 e. The van der Waals surface area contributed by atoms with Crippen LogP contribution in [0.3, 0.4) is 0 Å². The zero-order valence-electron chi connectivity index (χ0n) is 9.08. The van der Waals surface area contributed by atoms with Crippen molar-refractivity contribution in [2.45, 2.75) is 6.54 Å². The number of anilines is 2. The van der Waals surface area contributed by atoms with E-state index in [0.29, 0.717) is 12.2 Å². The summed E-state index contributed by atoms with van der Waals surface area (Å²) in [6, 6.07) is 12.1. The van der Waals surface area contributed by atoms with Crippen molar-refractivity contribution in [1.29, 1.82) is 0 Å². The van der Waals surface area contributed by atoms with Gasteiger partial charge in [-0.3, -0.25) is 0 Å². The Kier molecular flexibility index (Phi) is 3.64. The first kappa shape index (κ1) is 11.9. The third-order valence-electron chi connectivity index (χ3n) is 2.45. The van der Waals surface area contributed by atoms with Crippen LogP contribution in [0, 0.1) is 5.82 Å². The predicted octanol–water partition coefficient (Wildman–Crippen LogP) is 3.78. The molecule has 0 atom stereocenters. The highest BCUT2D eigenvalue weighted by molar-refractivity contribution is 9.10. The van der Waals surface area contributed by atoms with Crippen LogP contribution in [0.1, 0.15) is 5.56 Å². The third-order valence-corrected chi connectivity index (χ3v) is 3.14. The molecular weight excluding hydrogens is 283 g/mol. The molecule has 0 saturated heterocycles. The molecule has 17 heavy (non-hydrogen) atoms. The summed E-state index contributed by atoms with van der Waals surface area (Å²) in [5, 5.41) is 3.14. The summed E-state index contributed by atoms with van der Waals surface area (Å²) in [5.41, 5.74) is 8.26. The zero-order chi connectivity index (χ0) is 12.3. The summed E-state index contributed by atoms with van der Waals surface area (Å²) in [6.07, 6.45) is 0. The fourth-order valence-corrected chi connectivity index (χ4v) is 1.91. The third kappa shape index (κ3) is 2.97. The maximum absolute atomic E-state index is 13.1. The Bertz CT molecular complexity index is 529. The Morgan fingerprint density at radius 1 is 1.18 bits per heavy atom. The molecule has 3 N–H and O–H groups in total. The molecule has 2 aromatic carbocycles. The standard InChI is InChI=1S/C13H12BrFN2/c14-11-6-5-10(15)7-13(11)17-8-9-3-1-2-4-12(9)16/h1-7,17H,8,16H2. The second-order valence-electron chi connectivity index (χ2n) is 3.68. The highest BCUT2D eigenvalue weighted by Crippen LogP contribution is 2.24. The van der Waals surface area contributed by atoms with Crippen molar-refractivity contribution in [3.63, 3.8) is 0 Å². The second kappa shape index (κ2) is 5.19. The van der Waals surface area contributed by atoms with E-state index in [2.05, 4.69) is 21.2 Å². The van der Waals surface area contributed by atoms with Crippen LogP contribution in [0.15, 0.2) is 46.9 Å². The van der Waals surface area contributed by atoms with Crippen LogP contribution >= 0.6 is 15.9 Å². The van der Waals surface area contributed by atoms with E-state index in [1.807, 2.05) is 24.3 Å². The van der Waals surface area contributed by atoms with Crippen molar-refractivity contribution in [1.82, 2.24) is 0 Å². The van der Waals surface area contributed by atoms with Crippen molar-refractivity contribution in [2.75, 3.05) is 11.1 Å². The molecule has 4 heteroatoms. The van der Waals surface area contributed by atoms with Crippen molar-refractivity contribution in [3.8, 4) is 0 Å². The molecule has 0 heterocycles. The lowest BCUT2D eigenvalue weighted by molar-refractivity contribution is 0.628. The predicted molar refractivity (Wildman–Crippen MR) is 72.3 cm³/mol. The molecule has 0 fully saturated rings. The lowest BCUT2D eigenvalue weighted by atomic mass is 10.2. The molecule has 0 amide bonds. The number of nitrogens with one attached hydrogen (secondary N) is 1. The van der Waals surface area contributed by atoms with Gasteiger partial charge in [0.15, 0.2) is 0 Å². The fraction of sp³-hybridized carbons (Fsp3) is 0.0769. The van der Waals surface area contributed by atoms with Gasteiger partial charge in [-0.15, -0.1) is 0 Å². The van der Waals surface area contributed by atoms with Crippen LogP contribution in [0.5, 0.6) is 0 Å². The van der Waals surface area contributed by atoms with Crippen molar-refractivity contribution < 1.29 is 4.39 Å². The Morgan fingerprint density at radius 3 is 2.71 bits per heavy atom. The summed E-state index contributed by atoms with van der Waals surface area (Å²) in [6.45, 7) is 0.564. The Labute approximate surface area is 108 Å². The van der Waals surface area contributed by atoms with Crippen molar-refractivity contribution in [3.05, 3.63) is 58.3 Å². The van der Waals surface area contributed by atoms with E-state index in [1.54, 1.807) is 6.07 Å². The molecule has 0 spiro atoms. The number of nitrogens with two attached hydrogens (primary N) is 1. The van der Waals surface area contributed by atoms with E-state index in [9.17, 15) is 4.39 Å². The van der Waals surface area contributed by atoms with Gasteiger partial charge in [0, 0.05) is 16.7 Å². The van der Waals surface area contributed by atoms with Gasteiger partial charge in [-0.05, 0) is 45.8 Å². The van der Waals surface area contributed by atoms with Crippen molar-refractivity contribution in [2.24, 2.45) is 0 Å². The van der Waals surface area contributed by atoms with Crippen LogP contribution < -0.4 is 11.1 Å². The number of para-hydroxylation sites is 1. The van der Waals surface area contributed by atoms with Crippen molar-refractivity contribution >= 4 is 27.3 Å². The van der Waals surface area contributed by atoms with E-state index in [0.717, 1.165) is 15.7 Å². The van der Waals surface area contributed by atoms with Crippen LogP contribution in [-0.4, -0.2) is 0 Å². The minimum absolute atomic E-state index is 0.267. The molecule has 0 unspecified atom stereocenters. The number of rotatable bonds is 3. The van der Waals surface area contributed by atoms with Crippen LogP contribution in [-0.2, 0) is 6.54 Å². The van der Waals surface area contributed by atoms with Gasteiger partial charge in [0.2, 0.25) is 0 Å². The normalized spacial score (nSPS) is 10.2. The summed E-state index contributed by atoms with van der Waals surface area (Å²) >= 11 is 3.36. The molecular formula is C13H12BrFN2. The van der Waals surface area contributed by atoms with Crippen LogP contribution in [0.4, 0.5) is 15.8 Å². The summed E-state index contributed by atoms with van der Waals surface area (Å²) in [5.74, 6) is -0.267. The lowest BCUT2D eigenvalue weighted by Crippen LogP contribution is -2.03. The Morgan fingerprint density at radius 2 is 1.94 bits per heavy atom.